The number of halogens is 1. The number of carbonyl (C=O) groups excluding carboxylic acids is 1. The summed E-state index contributed by atoms with van der Waals surface area (Å²) < 4.78 is 13.0. The van der Waals surface area contributed by atoms with Crippen molar-refractivity contribution in [1.82, 2.24) is 4.90 Å². The molecule has 0 bridgehead atoms. The number of likely N-dealkylation sites (tertiary alicyclic amines) is 1. The zero-order chi connectivity index (χ0) is 13.1. The molecule has 18 heavy (non-hydrogen) atoms. The molecule has 0 aliphatic carbocycles. The first-order valence-electron chi connectivity index (χ1n) is 6.34. The van der Waals surface area contributed by atoms with E-state index in [4.69, 9.17) is 5.73 Å². The Kier molecular flexibility index (Phi) is 3.97. The average Bonchev–Trinajstić information content (AvgIpc) is 2.32. The van der Waals surface area contributed by atoms with Crippen LogP contribution in [0.1, 0.15) is 18.9 Å². The molecule has 1 heterocycles. The summed E-state index contributed by atoms with van der Waals surface area (Å²) in [5.74, 6) is 0.0869. The third kappa shape index (κ3) is 3.07. The third-order valence-electron chi connectivity index (χ3n) is 3.57. The molecule has 0 radical (unpaired) electrons. The van der Waals surface area contributed by atoms with Crippen LogP contribution in [0.25, 0.3) is 0 Å². The molecule has 1 aliphatic heterocycles. The number of hydrogen-bond acceptors (Lipinski definition) is 2. The van der Waals surface area contributed by atoms with E-state index in [1.807, 2.05) is 4.90 Å². The zero-order valence-corrected chi connectivity index (χ0v) is 10.6. The topological polar surface area (TPSA) is 46.3 Å². The van der Waals surface area contributed by atoms with Gasteiger partial charge in [-0.1, -0.05) is 19.1 Å². The van der Waals surface area contributed by atoms with Gasteiger partial charge in [-0.25, -0.2) is 4.39 Å². The van der Waals surface area contributed by atoms with Crippen molar-refractivity contribution in [2.75, 3.05) is 13.1 Å². The van der Waals surface area contributed by atoms with Gasteiger partial charge in [0.15, 0.2) is 0 Å². The lowest BCUT2D eigenvalue weighted by atomic mass is 9.94. The molecule has 2 atom stereocenters. The SMILES string of the molecule is CC1CN(C(=O)Cc2cccc(F)c2)CCC1N. The molecule has 2 rings (SSSR count). The normalized spacial score (nSPS) is 24.1. The monoisotopic (exact) mass is 250 g/mol. The number of piperidine rings is 1. The van der Waals surface area contributed by atoms with Gasteiger partial charge < -0.3 is 10.6 Å². The van der Waals surface area contributed by atoms with Gasteiger partial charge in [-0.05, 0) is 30.0 Å². The first-order chi connectivity index (χ1) is 8.56. The third-order valence-corrected chi connectivity index (χ3v) is 3.57. The van der Waals surface area contributed by atoms with Crippen LogP contribution in [0, 0.1) is 11.7 Å². The smallest absolute Gasteiger partial charge is 0.227 e. The van der Waals surface area contributed by atoms with Crippen LogP contribution >= 0.6 is 0 Å². The summed E-state index contributed by atoms with van der Waals surface area (Å²) in [5, 5.41) is 0. The largest absolute Gasteiger partial charge is 0.342 e. The molecule has 2 N–H and O–H groups in total. The van der Waals surface area contributed by atoms with Gasteiger partial charge in [0.05, 0.1) is 6.42 Å². The molecular formula is C14H19FN2O. The summed E-state index contributed by atoms with van der Waals surface area (Å²) in [7, 11) is 0. The summed E-state index contributed by atoms with van der Waals surface area (Å²) in [6, 6.07) is 6.39. The predicted octanol–water partition coefficient (Wildman–Crippen LogP) is 1.56. The summed E-state index contributed by atoms with van der Waals surface area (Å²) in [6.07, 6.45) is 1.11. The second-order valence-corrected chi connectivity index (χ2v) is 5.08. The fourth-order valence-corrected chi connectivity index (χ4v) is 2.32. The van der Waals surface area contributed by atoms with Gasteiger partial charge in [0.2, 0.25) is 5.91 Å². The molecule has 4 heteroatoms. The Bertz CT molecular complexity index is 436. The molecule has 1 aliphatic rings. The minimum Gasteiger partial charge on any atom is -0.342 e. The van der Waals surface area contributed by atoms with E-state index in [9.17, 15) is 9.18 Å². The van der Waals surface area contributed by atoms with Crippen molar-refractivity contribution < 1.29 is 9.18 Å². The Morgan fingerprint density at radius 2 is 2.33 bits per heavy atom. The van der Waals surface area contributed by atoms with Crippen LogP contribution < -0.4 is 5.73 Å². The summed E-state index contributed by atoms with van der Waals surface area (Å²) in [5.41, 5.74) is 6.65. The number of hydrogen-bond donors (Lipinski definition) is 1. The Labute approximate surface area is 107 Å². The van der Waals surface area contributed by atoms with Gasteiger partial charge in [0.1, 0.15) is 5.82 Å². The van der Waals surface area contributed by atoms with E-state index >= 15 is 0 Å². The fraction of sp³-hybridized carbons (Fsp3) is 0.500. The lowest BCUT2D eigenvalue weighted by Crippen LogP contribution is -2.48. The molecule has 0 saturated carbocycles. The van der Waals surface area contributed by atoms with Gasteiger partial charge in [-0.2, -0.15) is 0 Å². The number of benzene rings is 1. The van der Waals surface area contributed by atoms with Crippen LogP contribution in [-0.2, 0) is 11.2 Å². The van der Waals surface area contributed by atoms with Crippen LogP contribution in [0.4, 0.5) is 4.39 Å². The molecule has 2 unspecified atom stereocenters. The molecule has 1 aromatic carbocycles. The Hall–Kier alpha value is -1.42. The molecule has 0 aromatic heterocycles. The Balaban J connectivity index is 1.96. The Morgan fingerprint density at radius 3 is 3.00 bits per heavy atom. The Morgan fingerprint density at radius 1 is 1.56 bits per heavy atom. The highest BCUT2D eigenvalue weighted by Gasteiger charge is 2.26. The number of amides is 1. The van der Waals surface area contributed by atoms with Crippen LogP contribution in [0.5, 0.6) is 0 Å². The highest BCUT2D eigenvalue weighted by molar-refractivity contribution is 5.78. The highest BCUT2D eigenvalue weighted by Crippen LogP contribution is 2.16. The van der Waals surface area contributed by atoms with E-state index in [0.717, 1.165) is 12.0 Å². The average molecular weight is 250 g/mol. The molecule has 1 amide bonds. The number of nitrogens with zero attached hydrogens (tertiary/aromatic N) is 1. The van der Waals surface area contributed by atoms with Crippen molar-refractivity contribution in [2.45, 2.75) is 25.8 Å². The maximum Gasteiger partial charge on any atom is 0.227 e. The second-order valence-electron chi connectivity index (χ2n) is 5.08. The maximum absolute atomic E-state index is 13.0. The van der Waals surface area contributed by atoms with Gasteiger partial charge in [-0.15, -0.1) is 0 Å². The van der Waals surface area contributed by atoms with Crippen molar-refractivity contribution in [3.63, 3.8) is 0 Å². The minimum atomic E-state index is -0.297. The summed E-state index contributed by atoms with van der Waals surface area (Å²) in [6.45, 7) is 3.47. The number of carbonyl (C=O) groups is 1. The van der Waals surface area contributed by atoms with Crippen molar-refractivity contribution in [2.24, 2.45) is 11.7 Å². The first kappa shape index (κ1) is 13.0. The predicted molar refractivity (Wildman–Crippen MR) is 68.4 cm³/mol. The van der Waals surface area contributed by atoms with Crippen molar-refractivity contribution in [1.29, 1.82) is 0 Å². The number of rotatable bonds is 2. The van der Waals surface area contributed by atoms with E-state index in [1.54, 1.807) is 12.1 Å². The van der Waals surface area contributed by atoms with E-state index in [1.165, 1.54) is 12.1 Å². The summed E-state index contributed by atoms with van der Waals surface area (Å²) in [4.78, 5) is 13.9. The minimum absolute atomic E-state index is 0.0550. The maximum atomic E-state index is 13.0. The fourth-order valence-electron chi connectivity index (χ4n) is 2.32. The van der Waals surface area contributed by atoms with Crippen LogP contribution in [-0.4, -0.2) is 29.9 Å². The molecule has 1 aromatic rings. The van der Waals surface area contributed by atoms with Gasteiger partial charge in [0.25, 0.3) is 0 Å². The van der Waals surface area contributed by atoms with E-state index in [-0.39, 0.29) is 24.2 Å². The van der Waals surface area contributed by atoms with E-state index in [2.05, 4.69) is 6.92 Å². The van der Waals surface area contributed by atoms with Crippen LogP contribution in [0.3, 0.4) is 0 Å². The van der Waals surface area contributed by atoms with Crippen molar-refractivity contribution in [3.05, 3.63) is 35.6 Å². The van der Waals surface area contributed by atoms with Crippen LogP contribution in [0.2, 0.25) is 0 Å². The van der Waals surface area contributed by atoms with E-state index in [0.29, 0.717) is 19.0 Å². The molecule has 3 nitrogen and oxygen atoms in total. The van der Waals surface area contributed by atoms with Gasteiger partial charge in [0, 0.05) is 19.1 Å². The first-order valence-corrected chi connectivity index (χ1v) is 6.34. The van der Waals surface area contributed by atoms with Gasteiger partial charge in [-0.3, -0.25) is 4.79 Å². The van der Waals surface area contributed by atoms with Crippen LogP contribution in [0.15, 0.2) is 24.3 Å². The quantitative estimate of drug-likeness (QED) is 0.866. The highest BCUT2D eigenvalue weighted by atomic mass is 19.1. The van der Waals surface area contributed by atoms with Crippen molar-refractivity contribution in [3.8, 4) is 0 Å². The molecular weight excluding hydrogens is 231 g/mol. The molecule has 0 spiro atoms. The number of nitrogens with two attached hydrogens (primary N) is 1. The lowest BCUT2D eigenvalue weighted by molar-refractivity contribution is -0.132. The molecule has 1 fully saturated rings. The molecule has 98 valence electrons. The van der Waals surface area contributed by atoms with Crippen molar-refractivity contribution >= 4 is 5.91 Å². The standard InChI is InChI=1S/C14H19FN2O/c1-10-9-17(6-5-13(10)16)14(18)8-11-3-2-4-12(15)7-11/h2-4,7,10,13H,5-6,8-9,16H2,1H3. The summed E-state index contributed by atoms with van der Waals surface area (Å²) >= 11 is 0. The zero-order valence-electron chi connectivity index (χ0n) is 10.6. The lowest BCUT2D eigenvalue weighted by Gasteiger charge is -2.35. The second kappa shape index (κ2) is 5.48. The molecule has 1 saturated heterocycles. The van der Waals surface area contributed by atoms with E-state index < -0.39 is 0 Å². The van der Waals surface area contributed by atoms with Gasteiger partial charge >= 0.3 is 0 Å².